The molecule has 1 heterocycles. The monoisotopic (exact) mass is 291 g/mol. The third kappa shape index (κ3) is 2.66. The van der Waals surface area contributed by atoms with E-state index in [9.17, 15) is 8.78 Å². The molecule has 0 saturated heterocycles. The largest absolute Gasteiger partial charge is 0.489 e. The second kappa shape index (κ2) is 5.41. The summed E-state index contributed by atoms with van der Waals surface area (Å²) in [7, 11) is 0. The molecule has 2 N–H and O–H groups in total. The average molecular weight is 291 g/mol. The van der Waals surface area contributed by atoms with E-state index in [1.165, 1.54) is 12.3 Å². The van der Waals surface area contributed by atoms with Gasteiger partial charge in [-0.15, -0.1) is 0 Å². The first-order valence-electron chi connectivity index (χ1n) is 6.15. The highest BCUT2D eigenvalue weighted by Crippen LogP contribution is 2.29. The molecule has 21 heavy (non-hydrogen) atoms. The van der Waals surface area contributed by atoms with Crippen LogP contribution in [0.15, 0.2) is 47.1 Å². The van der Waals surface area contributed by atoms with Crippen molar-refractivity contribution in [2.45, 2.75) is 6.61 Å². The number of fused-ring (bicyclic) bond motifs is 1. The van der Waals surface area contributed by atoms with Crippen LogP contribution < -0.4 is 10.2 Å². The number of furan rings is 1. The van der Waals surface area contributed by atoms with Gasteiger partial charge in [0.05, 0.1) is 0 Å². The van der Waals surface area contributed by atoms with E-state index in [-0.39, 0.29) is 6.61 Å². The highest BCUT2D eigenvalue weighted by molar-refractivity contribution is 5.90. The van der Waals surface area contributed by atoms with E-state index in [4.69, 9.17) is 14.4 Å². The van der Waals surface area contributed by atoms with Gasteiger partial charge in [0.1, 0.15) is 29.9 Å². The minimum absolute atomic E-state index is 0.106. The predicted octanol–water partition coefficient (Wildman–Crippen LogP) is 4.09. The van der Waals surface area contributed by atoms with Crippen LogP contribution in [0.5, 0.6) is 5.75 Å². The molecule has 0 amide bonds. The second-order valence-electron chi connectivity index (χ2n) is 4.46. The number of anilines is 1. The van der Waals surface area contributed by atoms with Crippen LogP contribution >= 0.6 is 0 Å². The summed E-state index contributed by atoms with van der Waals surface area (Å²) < 4.78 is 36.7. The first-order valence-corrected chi connectivity index (χ1v) is 6.15. The molecule has 0 aliphatic rings. The summed E-state index contributed by atoms with van der Waals surface area (Å²) in [5.74, 6) is -1.28. The molecule has 0 unspecified atom stereocenters. The second-order valence-corrected chi connectivity index (χ2v) is 4.46. The number of rotatable bonds is 4. The number of halogens is 2. The molecule has 3 rings (SSSR count). The number of hydrogen-bond acceptors (Lipinski definition) is 4. The Hall–Kier alpha value is -2.60. The summed E-state index contributed by atoms with van der Waals surface area (Å²) in [6, 6.07) is 8.67. The Kier molecular flexibility index (Phi) is 3.45. The number of ether oxygens (including phenoxy) is 1. The van der Waals surface area contributed by atoms with Gasteiger partial charge in [0.25, 0.3) is 0 Å². The van der Waals surface area contributed by atoms with E-state index in [1.54, 1.807) is 18.2 Å². The van der Waals surface area contributed by atoms with Crippen molar-refractivity contribution in [2.24, 2.45) is 0 Å². The summed E-state index contributed by atoms with van der Waals surface area (Å²) in [6.45, 7) is 0.106. The smallest absolute Gasteiger partial charge is 0.159 e. The van der Waals surface area contributed by atoms with E-state index in [0.29, 0.717) is 28.0 Å². The summed E-state index contributed by atoms with van der Waals surface area (Å²) in [5.41, 5.74) is 3.54. The SMILES string of the molecule is ONc1coc2cc(OCc3ccc(F)c(F)c3)ccc12. The normalized spacial score (nSPS) is 10.8. The zero-order valence-corrected chi connectivity index (χ0v) is 10.8. The number of nitrogens with one attached hydrogen (secondary N) is 1. The number of hydrogen-bond donors (Lipinski definition) is 2. The van der Waals surface area contributed by atoms with Crippen LogP contribution in [0.4, 0.5) is 14.5 Å². The molecule has 1 aromatic heterocycles. The molecular weight excluding hydrogens is 280 g/mol. The quantitative estimate of drug-likeness (QED) is 0.711. The van der Waals surface area contributed by atoms with Crippen molar-refractivity contribution >= 4 is 16.7 Å². The Labute approximate surface area is 118 Å². The van der Waals surface area contributed by atoms with Crippen molar-refractivity contribution < 1.29 is 23.1 Å². The topological polar surface area (TPSA) is 54.6 Å². The van der Waals surface area contributed by atoms with Gasteiger partial charge in [-0.3, -0.25) is 10.7 Å². The molecular formula is C15H11F2NO3. The van der Waals surface area contributed by atoms with Gasteiger partial charge in [0.15, 0.2) is 11.6 Å². The molecule has 0 spiro atoms. The first kappa shape index (κ1) is 13.4. The van der Waals surface area contributed by atoms with E-state index in [1.807, 2.05) is 5.48 Å². The molecule has 2 aromatic carbocycles. The van der Waals surface area contributed by atoms with Gasteiger partial charge in [-0.2, -0.15) is 0 Å². The van der Waals surface area contributed by atoms with Crippen molar-refractivity contribution in [2.75, 3.05) is 5.48 Å². The van der Waals surface area contributed by atoms with Gasteiger partial charge in [0.2, 0.25) is 0 Å². The van der Waals surface area contributed by atoms with Gasteiger partial charge < -0.3 is 9.15 Å². The number of benzene rings is 2. The van der Waals surface area contributed by atoms with Gasteiger partial charge in [0, 0.05) is 11.5 Å². The maximum Gasteiger partial charge on any atom is 0.159 e. The van der Waals surface area contributed by atoms with E-state index >= 15 is 0 Å². The van der Waals surface area contributed by atoms with Crippen molar-refractivity contribution in [3.05, 3.63) is 59.9 Å². The minimum atomic E-state index is -0.906. The molecule has 0 radical (unpaired) electrons. The Balaban J connectivity index is 1.77. The third-order valence-electron chi connectivity index (χ3n) is 3.06. The lowest BCUT2D eigenvalue weighted by Gasteiger charge is -2.06. The van der Waals surface area contributed by atoms with Crippen molar-refractivity contribution in [1.82, 2.24) is 0 Å². The van der Waals surface area contributed by atoms with Crippen molar-refractivity contribution in [1.29, 1.82) is 0 Å². The first-order chi connectivity index (χ1) is 10.2. The summed E-state index contributed by atoms with van der Waals surface area (Å²) >= 11 is 0. The van der Waals surface area contributed by atoms with Crippen LogP contribution in [0.25, 0.3) is 11.0 Å². The summed E-state index contributed by atoms with van der Waals surface area (Å²) in [6.07, 6.45) is 1.38. The lowest BCUT2D eigenvalue weighted by molar-refractivity contribution is 0.305. The van der Waals surface area contributed by atoms with Crippen LogP contribution in [0.3, 0.4) is 0 Å². The van der Waals surface area contributed by atoms with E-state index in [0.717, 1.165) is 12.1 Å². The molecule has 0 aliphatic carbocycles. The lowest BCUT2D eigenvalue weighted by Crippen LogP contribution is -1.97. The van der Waals surface area contributed by atoms with Crippen LogP contribution in [0.1, 0.15) is 5.56 Å². The Morgan fingerprint density at radius 1 is 1.10 bits per heavy atom. The molecule has 4 nitrogen and oxygen atoms in total. The summed E-state index contributed by atoms with van der Waals surface area (Å²) in [4.78, 5) is 0. The highest BCUT2D eigenvalue weighted by Gasteiger charge is 2.07. The van der Waals surface area contributed by atoms with Crippen LogP contribution in [0, 0.1) is 11.6 Å². The Morgan fingerprint density at radius 2 is 1.95 bits per heavy atom. The van der Waals surface area contributed by atoms with Gasteiger partial charge >= 0.3 is 0 Å². The molecule has 0 saturated carbocycles. The average Bonchev–Trinajstić information content (AvgIpc) is 2.90. The zero-order valence-electron chi connectivity index (χ0n) is 10.8. The fourth-order valence-corrected chi connectivity index (χ4v) is 1.98. The van der Waals surface area contributed by atoms with Gasteiger partial charge in [-0.05, 0) is 29.8 Å². The van der Waals surface area contributed by atoms with Crippen LogP contribution in [-0.4, -0.2) is 5.21 Å². The van der Waals surface area contributed by atoms with Crippen molar-refractivity contribution in [3.8, 4) is 5.75 Å². The molecule has 0 fully saturated rings. The third-order valence-corrected chi connectivity index (χ3v) is 3.06. The fraction of sp³-hybridized carbons (Fsp3) is 0.0667. The van der Waals surface area contributed by atoms with Crippen LogP contribution in [0.2, 0.25) is 0 Å². The van der Waals surface area contributed by atoms with E-state index < -0.39 is 11.6 Å². The fourth-order valence-electron chi connectivity index (χ4n) is 1.98. The molecule has 108 valence electrons. The predicted molar refractivity (Wildman–Crippen MR) is 72.3 cm³/mol. The maximum absolute atomic E-state index is 13.1. The Morgan fingerprint density at radius 3 is 2.71 bits per heavy atom. The molecule has 0 bridgehead atoms. The molecule has 0 atom stereocenters. The Bertz CT molecular complexity index is 786. The van der Waals surface area contributed by atoms with Gasteiger partial charge in [-0.25, -0.2) is 8.78 Å². The highest BCUT2D eigenvalue weighted by atomic mass is 19.2. The molecule has 3 aromatic rings. The van der Waals surface area contributed by atoms with Crippen LogP contribution in [-0.2, 0) is 6.61 Å². The maximum atomic E-state index is 13.1. The minimum Gasteiger partial charge on any atom is -0.489 e. The standard InChI is InChI=1S/C15H11F2NO3/c16-12-4-1-9(5-13(12)17)7-20-10-2-3-11-14(18-19)8-21-15(11)6-10/h1-6,8,18-19H,7H2. The zero-order chi connectivity index (χ0) is 14.8. The van der Waals surface area contributed by atoms with E-state index in [2.05, 4.69) is 0 Å². The lowest BCUT2D eigenvalue weighted by atomic mass is 10.2. The molecule has 6 heteroatoms. The van der Waals surface area contributed by atoms with Gasteiger partial charge in [-0.1, -0.05) is 6.07 Å². The molecule has 0 aliphatic heterocycles. The summed E-state index contributed by atoms with van der Waals surface area (Å²) in [5, 5.41) is 9.59. The van der Waals surface area contributed by atoms with Crippen molar-refractivity contribution in [3.63, 3.8) is 0 Å².